The minimum Gasteiger partial charge on any atom is -0.507 e. The summed E-state index contributed by atoms with van der Waals surface area (Å²) in [6.45, 7) is 4.14. The maximum absolute atomic E-state index is 12.0. The molecule has 5 rings (SSSR count). The number of aromatic nitrogens is 2. The molecule has 0 atom stereocenters. The lowest BCUT2D eigenvalue weighted by Gasteiger charge is -2.10. The number of aromatic amines is 1. The van der Waals surface area contributed by atoms with Crippen molar-refractivity contribution in [1.29, 1.82) is 0 Å². The van der Waals surface area contributed by atoms with E-state index in [0.29, 0.717) is 28.2 Å². The van der Waals surface area contributed by atoms with Crippen LogP contribution in [0.15, 0.2) is 65.6 Å². The van der Waals surface area contributed by atoms with Crippen LogP contribution in [0.3, 0.4) is 0 Å². The Morgan fingerprint density at radius 2 is 1.66 bits per heavy atom. The number of hydrogen-bond donors (Lipinski definition) is 3. The van der Waals surface area contributed by atoms with Crippen molar-refractivity contribution in [3.8, 4) is 34.0 Å². The maximum Gasteiger partial charge on any atom is 0.295 e. The molecule has 0 fully saturated rings. The number of ether oxygens (including phenoxy) is 1. The Labute approximate surface area is 208 Å². The number of hydrogen-bond acceptors (Lipinski definition) is 5. The van der Waals surface area contributed by atoms with E-state index in [9.17, 15) is 18.1 Å². The van der Waals surface area contributed by atoms with E-state index in [1.807, 2.05) is 18.2 Å². The number of phenolic OH excluding ortho intramolecular Hbond substituents is 1. The van der Waals surface area contributed by atoms with Crippen molar-refractivity contribution >= 4 is 44.3 Å². The summed E-state index contributed by atoms with van der Waals surface area (Å²) in [4.78, 5) is 7.47. The van der Waals surface area contributed by atoms with Crippen LogP contribution in [0.5, 0.6) is 11.5 Å². The minimum atomic E-state index is -4.53. The van der Waals surface area contributed by atoms with Crippen LogP contribution >= 0.6 is 12.4 Å². The van der Waals surface area contributed by atoms with Crippen LogP contribution < -0.4 is 4.74 Å². The van der Waals surface area contributed by atoms with E-state index in [1.54, 1.807) is 7.11 Å². The van der Waals surface area contributed by atoms with Gasteiger partial charge in [-0.05, 0) is 60.4 Å². The molecule has 0 aliphatic carbocycles. The molecule has 5 aromatic rings. The Bertz CT molecular complexity index is 1710. The Hall–Kier alpha value is -3.59. The molecule has 0 unspecified atom stereocenters. The van der Waals surface area contributed by atoms with E-state index in [4.69, 9.17) is 4.74 Å². The second kappa shape index (κ2) is 8.88. The zero-order valence-electron chi connectivity index (χ0n) is 19.2. The second-order valence-corrected chi connectivity index (χ2v) is 9.64. The standard InChI is InChI=1S/C26H22N2O5S.ClH/c1-14-7-8-16(11-15(14)2)17-9-10-18(22(12-17)33-3)26-27-20-13-23(34(30,31)32)19-5-4-6-21(29)24(19)25(20)28-26;/h4-13,29H,1-3H3,(H,27,28)(H,30,31,32);1H. The van der Waals surface area contributed by atoms with Crippen molar-refractivity contribution in [3.05, 3.63) is 71.8 Å². The normalized spacial score (nSPS) is 11.5. The smallest absolute Gasteiger partial charge is 0.295 e. The van der Waals surface area contributed by atoms with Gasteiger partial charge in [0.2, 0.25) is 0 Å². The van der Waals surface area contributed by atoms with E-state index in [0.717, 1.165) is 11.1 Å². The lowest BCUT2D eigenvalue weighted by atomic mass is 9.99. The van der Waals surface area contributed by atoms with E-state index in [2.05, 4.69) is 42.0 Å². The van der Waals surface area contributed by atoms with Gasteiger partial charge in [-0.2, -0.15) is 8.42 Å². The predicted octanol–water partition coefficient (Wildman–Crippen LogP) is 6.05. The number of rotatable bonds is 4. The second-order valence-electron chi connectivity index (χ2n) is 8.25. The fourth-order valence-electron chi connectivity index (χ4n) is 4.21. The van der Waals surface area contributed by atoms with Gasteiger partial charge in [0.25, 0.3) is 10.1 Å². The van der Waals surface area contributed by atoms with E-state index < -0.39 is 10.1 Å². The van der Waals surface area contributed by atoms with E-state index in [-0.39, 0.29) is 33.8 Å². The molecule has 7 nitrogen and oxygen atoms in total. The summed E-state index contributed by atoms with van der Waals surface area (Å²) in [6, 6.07) is 17.8. The maximum atomic E-state index is 12.0. The Balaban J connectivity index is 0.00000289. The van der Waals surface area contributed by atoms with Crippen molar-refractivity contribution in [1.82, 2.24) is 9.97 Å². The molecule has 0 bridgehead atoms. The zero-order valence-corrected chi connectivity index (χ0v) is 20.8. The number of H-pyrrole nitrogens is 1. The number of methoxy groups -OCH3 is 1. The molecule has 0 aliphatic heterocycles. The third-order valence-corrected chi connectivity index (χ3v) is 7.02. The SMILES string of the molecule is COc1cc(-c2ccc(C)c(C)c2)ccc1-c1nc2c(cc(S(=O)(=O)O)c3cccc(O)c32)[nH]1.Cl. The minimum absolute atomic E-state index is 0. The quantitative estimate of drug-likeness (QED) is 0.254. The van der Waals surface area contributed by atoms with Gasteiger partial charge in [-0.3, -0.25) is 4.55 Å². The van der Waals surface area contributed by atoms with Crippen molar-refractivity contribution < 1.29 is 22.8 Å². The van der Waals surface area contributed by atoms with Crippen LogP contribution in [0.25, 0.3) is 44.3 Å². The van der Waals surface area contributed by atoms with Gasteiger partial charge in [0.05, 0.1) is 23.6 Å². The number of aryl methyl sites for hydroxylation is 2. The van der Waals surface area contributed by atoms with Crippen molar-refractivity contribution in [2.24, 2.45) is 0 Å². The molecule has 4 aromatic carbocycles. The Morgan fingerprint density at radius 1 is 0.943 bits per heavy atom. The van der Waals surface area contributed by atoms with Crippen LogP contribution in [0.1, 0.15) is 11.1 Å². The number of phenols is 1. The molecule has 3 N–H and O–H groups in total. The first kappa shape index (κ1) is 24.5. The molecule has 35 heavy (non-hydrogen) atoms. The zero-order chi connectivity index (χ0) is 24.2. The molecule has 0 saturated carbocycles. The fraction of sp³-hybridized carbons (Fsp3) is 0.115. The molecule has 180 valence electrons. The van der Waals surface area contributed by atoms with Crippen LogP contribution in [0.2, 0.25) is 0 Å². The predicted molar refractivity (Wildman–Crippen MR) is 139 cm³/mol. The Kier molecular flexibility index (Phi) is 6.23. The molecular formula is C26H23ClN2O5S. The van der Waals surface area contributed by atoms with Crippen LogP contribution in [-0.4, -0.2) is 35.2 Å². The van der Waals surface area contributed by atoms with E-state index >= 15 is 0 Å². The number of imidazole rings is 1. The number of fused-ring (bicyclic) bond motifs is 3. The summed E-state index contributed by atoms with van der Waals surface area (Å²) in [5.74, 6) is 0.886. The molecule has 1 aromatic heterocycles. The van der Waals surface area contributed by atoms with Gasteiger partial charge < -0.3 is 14.8 Å². The van der Waals surface area contributed by atoms with Gasteiger partial charge in [-0.25, -0.2) is 4.98 Å². The van der Waals surface area contributed by atoms with Gasteiger partial charge in [-0.15, -0.1) is 12.4 Å². The third kappa shape index (κ3) is 4.20. The molecule has 9 heteroatoms. The first-order chi connectivity index (χ1) is 16.2. The monoisotopic (exact) mass is 510 g/mol. The van der Waals surface area contributed by atoms with Gasteiger partial charge in [0.15, 0.2) is 0 Å². The summed E-state index contributed by atoms with van der Waals surface area (Å²) in [5.41, 5.74) is 5.87. The lowest BCUT2D eigenvalue weighted by Crippen LogP contribution is -1.99. The van der Waals surface area contributed by atoms with Gasteiger partial charge in [-0.1, -0.05) is 36.4 Å². The number of nitrogens with zero attached hydrogens (tertiary/aromatic N) is 1. The molecule has 0 saturated heterocycles. The summed E-state index contributed by atoms with van der Waals surface area (Å²) in [7, 11) is -2.96. The molecular weight excluding hydrogens is 488 g/mol. The largest absolute Gasteiger partial charge is 0.507 e. The van der Waals surface area contributed by atoms with Crippen molar-refractivity contribution in [2.75, 3.05) is 7.11 Å². The highest BCUT2D eigenvalue weighted by molar-refractivity contribution is 7.86. The van der Waals surface area contributed by atoms with E-state index in [1.165, 1.54) is 35.4 Å². The fourth-order valence-corrected chi connectivity index (χ4v) is 4.93. The molecule has 0 aliphatic rings. The third-order valence-electron chi connectivity index (χ3n) is 6.13. The molecule has 0 radical (unpaired) electrons. The van der Waals surface area contributed by atoms with Gasteiger partial charge in [0, 0.05) is 5.39 Å². The topological polar surface area (TPSA) is 113 Å². The highest BCUT2D eigenvalue weighted by atomic mass is 35.5. The van der Waals surface area contributed by atoms with Crippen LogP contribution in [0.4, 0.5) is 0 Å². The van der Waals surface area contributed by atoms with Crippen LogP contribution in [-0.2, 0) is 10.1 Å². The van der Waals surface area contributed by atoms with Gasteiger partial charge >= 0.3 is 0 Å². The summed E-state index contributed by atoms with van der Waals surface area (Å²) in [5, 5.41) is 10.9. The highest BCUT2D eigenvalue weighted by Gasteiger charge is 2.21. The number of aromatic hydroxyl groups is 1. The molecule has 0 spiro atoms. The lowest BCUT2D eigenvalue weighted by molar-refractivity contribution is 0.416. The summed E-state index contributed by atoms with van der Waals surface area (Å²) in [6.07, 6.45) is 0. The van der Waals surface area contributed by atoms with Crippen molar-refractivity contribution in [3.63, 3.8) is 0 Å². The van der Waals surface area contributed by atoms with Crippen molar-refractivity contribution in [2.45, 2.75) is 18.7 Å². The Morgan fingerprint density at radius 3 is 2.34 bits per heavy atom. The summed E-state index contributed by atoms with van der Waals surface area (Å²) < 4.78 is 39.4. The number of halogens is 1. The number of benzene rings is 4. The molecule has 0 amide bonds. The average molecular weight is 511 g/mol. The number of nitrogens with one attached hydrogen (secondary N) is 1. The first-order valence-electron chi connectivity index (χ1n) is 10.6. The average Bonchev–Trinajstić information content (AvgIpc) is 3.23. The summed E-state index contributed by atoms with van der Waals surface area (Å²) >= 11 is 0. The first-order valence-corrected chi connectivity index (χ1v) is 12.0. The molecule has 1 heterocycles. The van der Waals surface area contributed by atoms with Gasteiger partial charge in [0.1, 0.15) is 27.7 Å². The highest BCUT2D eigenvalue weighted by Crippen LogP contribution is 2.39. The van der Waals surface area contributed by atoms with Crippen LogP contribution in [0, 0.1) is 13.8 Å².